The van der Waals surface area contributed by atoms with Crippen LogP contribution in [0.3, 0.4) is 0 Å². The molecule has 2 aromatic rings. The number of benzene rings is 2. The largest absolute Gasteiger partial charge is 0.369 e. The molecule has 2 aromatic carbocycles. The van der Waals surface area contributed by atoms with E-state index >= 15 is 0 Å². The maximum absolute atomic E-state index is 12.8. The van der Waals surface area contributed by atoms with E-state index in [2.05, 4.69) is 5.32 Å². The number of amides is 4. The summed E-state index contributed by atoms with van der Waals surface area (Å²) >= 11 is 0. The molecule has 0 saturated carbocycles. The maximum atomic E-state index is 12.8. The molecule has 4 rings (SSSR count). The van der Waals surface area contributed by atoms with Crippen LogP contribution in [0, 0.1) is 0 Å². The smallest absolute Gasteiger partial charge is 0.261 e. The van der Waals surface area contributed by atoms with Crippen molar-refractivity contribution in [1.29, 1.82) is 0 Å². The van der Waals surface area contributed by atoms with Gasteiger partial charge in [0.25, 0.3) is 17.7 Å². The topological polar surface area (TPSA) is 113 Å². The predicted molar refractivity (Wildman–Crippen MR) is 113 cm³/mol. The van der Waals surface area contributed by atoms with Gasteiger partial charge >= 0.3 is 0 Å². The number of nitrogens with one attached hydrogen (secondary N) is 1. The molecule has 2 aliphatic heterocycles. The predicted octanol–water partition coefficient (Wildman–Crippen LogP) is 1.16. The molecule has 1 saturated heterocycles. The number of primary amides is 1. The molecule has 2 heterocycles. The lowest BCUT2D eigenvalue weighted by atomic mass is 10.0. The molecule has 8 nitrogen and oxygen atoms in total. The van der Waals surface area contributed by atoms with Gasteiger partial charge in [-0.3, -0.25) is 29.0 Å². The van der Waals surface area contributed by atoms with Crippen molar-refractivity contribution < 1.29 is 19.2 Å². The van der Waals surface area contributed by atoms with Crippen LogP contribution in [0.2, 0.25) is 0 Å². The molecular formula is C23H24N4O4. The fourth-order valence-corrected chi connectivity index (χ4v) is 4.07. The number of carbonyl (C=O) groups excluding carboxylic acids is 4. The van der Waals surface area contributed by atoms with Crippen LogP contribution in [0.5, 0.6) is 0 Å². The number of carbonyl (C=O) groups is 4. The summed E-state index contributed by atoms with van der Waals surface area (Å²) in [6, 6.07) is 13.9. The van der Waals surface area contributed by atoms with Crippen molar-refractivity contribution >= 4 is 23.6 Å². The van der Waals surface area contributed by atoms with Gasteiger partial charge in [0, 0.05) is 24.7 Å². The fraction of sp³-hybridized carbons (Fsp3) is 0.304. The van der Waals surface area contributed by atoms with E-state index < -0.39 is 5.91 Å². The summed E-state index contributed by atoms with van der Waals surface area (Å²) in [4.78, 5) is 52.4. The molecule has 0 aliphatic carbocycles. The molecule has 0 aromatic heterocycles. The molecule has 2 aliphatic rings. The number of hydrogen-bond donors (Lipinski definition) is 2. The van der Waals surface area contributed by atoms with E-state index in [0.29, 0.717) is 37.1 Å². The maximum Gasteiger partial charge on any atom is 0.261 e. The molecule has 0 unspecified atom stereocenters. The number of piperidine rings is 1. The van der Waals surface area contributed by atoms with Crippen molar-refractivity contribution in [2.45, 2.75) is 25.4 Å². The summed E-state index contributed by atoms with van der Waals surface area (Å²) in [6.45, 7) is 1.78. The fourth-order valence-electron chi connectivity index (χ4n) is 4.07. The van der Waals surface area contributed by atoms with E-state index in [0.717, 1.165) is 5.56 Å². The van der Waals surface area contributed by atoms with Crippen molar-refractivity contribution in [3.8, 4) is 0 Å². The van der Waals surface area contributed by atoms with Crippen LogP contribution in [0.4, 0.5) is 0 Å². The zero-order valence-electron chi connectivity index (χ0n) is 17.0. The van der Waals surface area contributed by atoms with Gasteiger partial charge in [-0.05, 0) is 36.6 Å². The molecule has 160 valence electrons. The van der Waals surface area contributed by atoms with Gasteiger partial charge in [-0.15, -0.1) is 0 Å². The summed E-state index contributed by atoms with van der Waals surface area (Å²) in [5.41, 5.74) is 7.01. The van der Waals surface area contributed by atoms with Crippen LogP contribution in [0.15, 0.2) is 48.5 Å². The first-order valence-corrected chi connectivity index (χ1v) is 10.3. The Balaban J connectivity index is 1.41. The Bertz CT molecular complexity index is 1030. The first-order valence-electron chi connectivity index (χ1n) is 10.3. The highest BCUT2D eigenvalue weighted by atomic mass is 16.2. The Morgan fingerprint density at radius 3 is 2.32 bits per heavy atom. The van der Waals surface area contributed by atoms with Gasteiger partial charge in [0.05, 0.1) is 24.2 Å². The Morgan fingerprint density at radius 2 is 1.65 bits per heavy atom. The summed E-state index contributed by atoms with van der Waals surface area (Å²) in [5, 5.41) is 2.99. The van der Waals surface area contributed by atoms with Gasteiger partial charge in [0.15, 0.2) is 0 Å². The van der Waals surface area contributed by atoms with Crippen LogP contribution >= 0.6 is 0 Å². The molecule has 31 heavy (non-hydrogen) atoms. The molecular weight excluding hydrogens is 396 g/mol. The molecule has 0 atom stereocenters. The van der Waals surface area contributed by atoms with Crippen molar-refractivity contribution in [3.63, 3.8) is 0 Å². The second-order valence-electron chi connectivity index (χ2n) is 7.93. The average Bonchev–Trinajstić information content (AvgIpc) is 3.00. The third kappa shape index (κ3) is 4.49. The molecule has 0 radical (unpaired) electrons. The van der Waals surface area contributed by atoms with Crippen molar-refractivity contribution in [2.75, 3.05) is 19.6 Å². The first-order chi connectivity index (χ1) is 14.9. The quantitative estimate of drug-likeness (QED) is 0.681. The third-order valence-electron chi connectivity index (χ3n) is 5.72. The highest BCUT2D eigenvalue weighted by Crippen LogP contribution is 2.26. The zero-order valence-corrected chi connectivity index (χ0v) is 17.0. The van der Waals surface area contributed by atoms with Crippen LogP contribution in [-0.2, 0) is 11.3 Å². The Labute approximate surface area is 180 Å². The van der Waals surface area contributed by atoms with Crippen molar-refractivity contribution in [2.24, 2.45) is 5.73 Å². The van der Waals surface area contributed by atoms with Gasteiger partial charge in [0.2, 0.25) is 5.91 Å². The number of fused-ring (bicyclic) bond motifs is 1. The second kappa shape index (κ2) is 8.69. The van der Waals surface area contributed by atoms with Crippen LogP contribution in [-0.4, -0.2) is 59.1 Å². The Hall–Kier alpha value is -3.52. The number of likely N-dealkylation sites (tertiary alicyclic amines) is 1. The Kier molecular flexibility index (Phi) is 5.81. The normalized spacial score (nSPS) is 17.0. The zero-order chi connectivity index (χ0) is 22.0. The van der Waals surface area contributed by atoms with Gasteiger partial charge in [-0.1, -0.05) is 30.3 Å². The minimum atomic E-state index is -0.390. The van der Waals surface area contributed by atoms with Crippen LogP contribution in [0.25, 0.3) is 0 Å². The average molecular weight is 420 g/mol. The van der Waals surface area contributed by atoms with E-state index in [9.17, 15) is 19.2 Å². The van der Waals surface area contributed by atoms with Crippen LogP contribution in [0.1, 0.15) is 49.5 Å². The first kappa shape index (κ1) is 20.7. The number of nitrogens with two attached hydrogens (primary N) is 1. The SMILES string of the molecule is NC(=O)CN1CCC(NC(=O)c2ccc3c(c2)C(=O)N(Cc2ccccc2)C3=O)CC1. The molecule has 0 spiro atoms. The molecule has 3 N–H and O–H groups in total. The second-order valence-corrected chi connectivity index (χ2v) is 7.93. The summed E-state index contributed by atoms with van der Waals surface area (Å²) < 4.78 is 0. The molecule has 0 bridgehead atoms. The van der Waals surface area contributed by atoms with E-state index in [1.807, 2.05) is 35.2 Å². The highest BCUT2D eigenvalue weighted by Gasteiger charge is 2.36. The number of nitrogens with zero attached hydrogens (tertiary/aromatic N) is 2. The minimum Gasteiger partial charge on any atom is -0.369 e. The molecule has 8 heteroatoms. The van der Waals surface area contributed by atoms with Gasteiger partial charge in [-0.25, -0.2) is 0 Å². The molecule has 1 fully saturated rings. The van der Waals surface area contributed by atoms with Crippen LogP contribution < -0.4 is 11.1 Å². The van der Waals surface area contributed by atoms with Crippen molar-refractivity contribution in [3.05, 3.63) is 70.8 Å². The third-order valence-corrected chi connectivity index (χ3v) is 5.72. The number of hydrogen-bond acceptors (Lipinski definition) is 5. The Morgan fingerprint density at radius 1 is 0.968 bits per heavy atom. The van der Waals surface area contributed by atoms with E-state index in [1.54, 1.807) is 12.1 Å². The summed E-state index contributed by atoms with van der Waals surface area (Å²) in [5.74, 6) is -1.38. The lowest BCUT2D eigenvalue weighted by Crippen LogP contribution is -2.46. The standard InChI is InChI=1S/C23H24N4O4/c24-20(28)14-26-10-8-17(9-11-26)25-21(29)16-6-7-18-19(12-16)23(31)27(22(18)30)13-15-4-2-1-3-5-15/h1-7,12,17H,8-11,13-14H2,(H2,24,28)(H,25,29). The van der Waals surface area contributed by atoms with Gasteiger partial charge in [-0.2, -0.15) is 0 Å². The summed E-state index contributed by atoms with van der Waals surface area (Å²) in [7, 11) is 0. The van der Waals surface area contributed by atoms with Gasteiger partial charge in [0.1, 0.15) is 0 Å². The number of imide groups is 1. The highest BCUT2D eigenvalue weighted by molar-refractivity contribution is 6.22. The van der Waals surface area contributed by atoms with E-state index in [-0.39, 0.29) is 42.4 Å². The minimum absolute atomic E-state index is 0.0169. The van der Waals surface area contributed by atoms with E-state index in [4.69, 9.17) is 5.73 Å². The molecule has 4 amide bonds. The summed E-state index contributed by atoms with van der Waals surface area (Å²) in [6.07, 6.45) is 1.43. The lowest BCUT2D eigenvalue weighted by molar-refractivity contribution is -0.119. The van der Waals surface area contributed by atoms with Crippen molar-refractivity contribution in [1.82, 2.24) is 15.1 Å². The monoisotopic (exact) mass is 420 g/mol. The van der Waals surface area contributed by atoms with Gasteiger partial charge < -0.3 is 11.1 Å². The lowest BCUT2D eigenvalue weighted by Gasteiger charge is -2.31. The number of rotatable bonds is 6. The van der Waals surface area contributed by atoms with E-state index in [1.165, 1.54) is 11.0 Å².